The zero-order chi connectivity index (χ0) is 13.7. The van der Waals surface area contributed by atoms with Gasteiger partial charge in [0.25, 0.3) is 0 Å². The van der Waals surface area contributed by atoms with Crippen LogP contribution in [-0.2, 0) is 0 Å². The van der Waals surface area contributed by atoms with Crippen molar-refractivity contribution < 1.29 is 5.11 Å². The van der Waals surface area contributed by atoms with E-state index in [1.807, 2.05) is 6.92 Å². The number of aliphatic hydroxyl groups is 1. The summed E-state index contributed by atoms with van der Waals surface area (Å²) in [5.41, 5.74) is 0. The molecule has 112 valence electrons. The molecular weight excluding hydrogens is 236 g/mol. The molecule has 3 unspecified atom stereocenters. The smallest absolute Gasteiger partial charge is 0.0541 e. The fourth-order valence-corrected chi connectivity index (χ4v) is 3.91. The number of rotatable bonds is 5. The van der Waals surface area contributed by atoms with Gasteiger partial charge in [-0.3, -0.25) is 0 Å². The van der Waals surface area contributed by atoms with Crippen molar-refractivity contribution in [2.45, 2.75) is 64.5 Å². The van der Waals surface area contributed by atoms with Gasteiger partial charge in [0.05, 0.1) is 6.10 Å². The fraction of sp³-hybridized carbons (Fsp3) is 1.00. The standard InChI is InChI=1S/C16H32N2O/c1-3-17-16-7-5-4-6-15(16)12-18-10-8-14(9-11-18)13(2)19/h13-17,19H,3-12H2,1-2H3. The molecule has 0 bridgehead atoms. The zero-order valence-electron chi connectivity index (χ0n) is 12.8. The normalized spacial score (nSPS) is 32.4. The van der Waals surface area contributed by atoms with Crippen molar-refractivity contribution in [1.82, 2.24) is 10.2 Å². The maximum atomic E-state index is 9.67. The molecule has 2 rings (SSSR count). The molecule has 0 aromatic rings. The minimum atomic E-state index is -0.119. The largest absolute Gasteiger partial charge is 0.393 e. The summed E-state index contributed by atoms with van der Waals surface area (Å²) < 4.78 is 0. The van der Waals surface area contributed by atoms with Crippen LogP contribution < -0.4 is 5.32 Å². The van der Waals surface area contributed by atoms with Crippen molar-refractivity contribution in [2.24, 2.45) is 11.8 Å². The molecule has 1 aliphatic carbocycles. The van der Waals surface area contributed by atoms with Crippen LogP contribution in [0.25, 0.3) is 0 Å². The van der Waals surface area contributed by atoms with Gasteiger partial charge >= 0.3 is 0 Å². The molecule has 1 aliphatic heterocycles. The van der Waals surface area contributed by atoms with E-state index in [0.29, 0.717) is 5.92 Å². The van der Waals surface area contributed by atoms with Crippen molar-refractivity contribution >= 4 is 0 Å². The van der Waals surface area contributed by atoms with Crippen LogP contribution >= 0.6 is 0 Å². The Balaban J connectivity index is 1.77. The molecule has 0 spiro atoms. The first-order valence-corrected chi connectivity index (χ1v) is 8.34. The van der Waals surface area contributed by atoms with Crippen LogP contribution in [0, 0.1) is 11.8 Å². The Labute approximate surface area is 118 Å². The summed E-state index contributed by atoms with van der Waals surface area (Å²) in [7, 11) is 0. The second-order valence-corrected chi connectivity index (χ2v) is 6.59. The summed E-state index contributed by atoms with van der Waals surface area (Å²) in [4.78, 5) is 2.64. The summed E-state index contributed by atoms with van der Waals surface area (Å²) in [6.45, 7) is 8.91. The van der Waals surface area contributed by atoms with Crippen LogP contribution in [0.2, 0.25) is 0 Å². The highest BCUT2D eigenvalue weighted by molar-refractivity contribution is 4.85. The van der Waals surface area contributed by atoms with E-state index >= 15 is 0 Å². The molecule has 3 heteroatoms. The van der Waals surface area contributed by atoms with Gasteiger partial charge in [-0.05, 0) is 64.1 Å². The van der Waals surface area contributed by atoms with Crippen LogP contribution in [0.5, 0.6) is 0 Å². The topological polar surface area (TPSA) is 35.5 Å². The van der Waals surface area contributed by atoms with Gasteiger partial charge in [0, 0.05) is 12.6 Å². The SMILES string of the molecule is CCNC1CCCCC1CN1CCC(C(C)O)CC1. The van der Waals surface area contributed by atoms with Gasteiger partial charge in [-0.25, -0.2) is 0 Å². The molecule has 1 saturated heterocycles. The number of aliphatic hydroxyl groups excluding tert-OH is 1. The quantitative estimate of drug-likeness (QED) is 0.803. The molecule has 1 saturated carbocycles. The van der Waals surface area contributed by atoms with Crippen molar-refractivity contribution in [3.05, 3.63) is 0 Å². The third kappa shape index (κ3) is 4.44. The van der Waals surface area contributed by atoms with E-state index in [2.05, 4.69) is 17.1 Å². The minimum absolute atomic E-state index is 0.119. The van der Waals surface area contributed by atoms with E-state index in [-0.39, 0.29) is 6.10 Å². The van der Waals surface area contributed by atoms with Crippen LogP contribution in [0.15, 0.2) is 0 Å². The molecule has 3 atom stereocenters. The first kappa shape index (κ1) is 15.3. The van der Waals surface area contributed by atoms with Gasteiger partial charge in [0.1, 0.15) is 0 Å². The van der Waals surface area contributed by atoms with E-state index < -0.39 is 0 Å². The summed E-state index contributed by atoms with van der Waals surface area (Å²) in [5.74, 6) is 1.38. The average molecular weight is 268 g/mol. The number of likely N-dealkylation sites (tertiary alicyclic amines) is 1. The first-order valence-electron chi connectivity index (χ1n) is 8.34. The van der Waals surface area contributed by atoms with Crippen LogP contribution in [0.4, 0.5) is 0 Å². The minimum Gasteiger partial charge on any atom is -0.393 e. The lowest BCUT2D eigenvalue weighted by atomic mass is 9.83. The molecule has 19 heavy (non-hydrogen) atoms. The number of hydrogen-bond donors (Lipinski definition) is 2. The Morgan fingerprint density at radius 2 is 1.84 bits per heavy atom. The van der Waals surface area contributed by atoms with E-state index in [9.17, 15) is 5.11 Å². The third-order valence-corrected chi connectivity index (χ3v) is 5.18. The Hall–Kier alpha value is -0.120. The molecule has 2 fully saturated rings. The average Bonchev–Trinajstić information content (AvgIpc) is 2.42. The summed E-state index contributed by atoms with van der Waals surface area (Å²) in [6.07, 6.45) is 7.81. The monoisotopic (exact) mass is 268 g/mol. The molecule has 3 nitrogen and oxygen atoms in total. The summed E-state index contributed by atoms with van der Waals surface area (Å²) in [5, 5.41) is 13.4. The lowest BCUT2D eigenvalue weighted by Gasteiger charge is -2.39. The lowest BCUT2D eigenvalue weighted by Crippen LogP contribution is -2.46. The van der Waals surface area contributed by atoms with E-state index in [1.54, 1.807) is 0 Å². The van der Waals surface area contributed by atoms with Crippen molar-refractivity contribution in [3.63, 3.8) is 0 Å². The molecule has 1 heterocycles. The van der Waals surface area contributed by atoms with Crippen LogP contribution in [-0.4, -0.2) is 48.3 Å². The molecule has 0 aromatic heterocycles. The molecule has 2 aliphatic rings. The Kier molecular flexibility index (Phi) is 6.11. The fourth-order valence-electron chi connectivity index (χ4n) is 3.91. The van der Waals surface area contributed by atoms with Crippen LogP contribution in [0.3, 0.4) is 0 Å². The molecule has 0 aromatic carbocycles. The maximum absolute atomic E-state index is 9.67. The number of piperidine rings is 1. The third-order valence-electron chi connectivity index (χ3n) is 5.18. The highest BCUT2D eigenvalue weighted by Gasteiger charge is 2.28. The molecule has 0 amide bonds. The van der Waals surface area contributed by atoms with Crippen molar-refractivity contribution in [3.8, 4) is 0 Å². The molecule has 2 N–H and O–H groups in total. The van der Waals surface area contributed by atoms with Gasteiger partial charge < -0.3 is 15.3 Å². The highest BCUT2D eigenvalue weighted by Crippen LogP contribution is 2.27. The van der Waals surface area contributed by atoms with Gasteiger partial charge in [-0.1, -0.05) is 19.8 Å². The number of nitrogens with zero attached hydrogens (tertiary/aromatic N) is 1. The highest BCUT2D eigenvalue weighted by atomic mass is 16.3. The first-order chi connectivity index (χ1) is 9.20. The van der Waals surface area contributed by atoms with Gasteiger partial charge in [-0.15, -0.1) is 0 Å². The van der Waals surface area contributed by atoms with E-state index in [1.165, 1.54) is 58.2 Å². The Bertz CT molecular complexity index is 247. The van der Waals surface area contributed by atoms with E-state index in [0.717, 1.165) is 18.5 Å². The maximum Gasteiger partial charge on any atom is 0.0541 e. The second kappa shape index (κ2) is 7.61. The second-order valence-electron chi connectivity index (χ2n) is 6.59. The Morgan fingerprint density at radius 3 is 2.47 bits per heavy atom. The van der Waals surface area contributed by atoms with Crippen molar-refractivity contribution in [2.75, 3.05) is 26.2 Å². The van der Waals surface area contributed by atoms with Crippen molar-refractivity contribution in [1.29, 1.82) is 0 Å². The van der Waals surface area contributed by atoms with Gasteiger partial charge in [-0.2, -0.15) is 0 Å². The zero-order valence-corrected chi connectivity index (χ0v) is 12.8. The van der Waals surface area contributed by atoms with Crippen LogP contribution in [0.1, 0.15) is 52.4 Å². The predicted molar refractivity (Wildman–Crippen MR) is 80.3 cm³/mol. The molecule has 0 radical (unpaired) electrons. The number of nitrogens with one attached hydrogen (secondary N) is 1. The Morgan fingerprint density at radius 1 is 1.16 bits per heavy atom. The number of hydrogen-bond acceptors (Lipinski definition) is 3. The van der Waals surface area contributed by atoms with E-state index in [4.69, 9.17) is 0 Å². The predicted octanol–water partition coefficient (Wildman–Crippen LogP) is 2.25. The molecular formula is C16H32N2O. The summed E-state index contributed by atoms with van der Waals surface area (Å²) in [6, 6.07) is 0.744. The van der Waals surface area contributed by atoms with Gasteiger partial charge in [0.2, 0.25) is 0 Å². The lowest BCUT2D eigenvalue weighted by molar-refractivity contribution is 0.0603. The van der Waals surface area contributed by atoms with Gasteiger partial charge in [0.15, 0.2) is 0 Å². The summed E-state index contributed by atoms with van der Waals surface area (Å²) >= 11 is 0.